The van der Waals surface area contributed by atoms with Gasteiger partial charge in [0.25, 0.3) is 0 Å². The highest BCUT2D eigenvalue weighted by Crippen LogP contribution is 2.18. The van der Waals surface area contributed by atoms with Crippen molar-refractivity contribution >= 4 is 10.9 Å². The lowest BCUT2D eigenvalue weighted by Gasteiger charge is -1.93. The molecular weight excluding hydrogens is 146 g/mol. The molecule has 0 spiro atoms. The Morgan fingerprint density at radius 2 is 2.17 bits per heavy atom. The minimum Gasteiger partial charge on any atom is -0.361 e. The van der Waals surface area contributed by atoms with Gasteiger partial charge in [0, 0.05) is 18.5 Å². The summed E-state index contributed by atoms with van der Waals surface area (Å²) in [6.45, 7) is 2.21. The van der Waals surface area contributed by atoms with Gasteiger partial charge in [-0.2, -0.15) is 0 Å². The second kappa shape index (κ2) is 3.02. The van der Waals surface area contributed by atoms with Gasteiger partial charge < -0.3 is 4.98 Å². The smallest absolute Gasteiger partial charge is 0.0456 e. The predicted octanol–water partition coefficient (Wildman–Crippen LogP) is 3.37. The maximum absolute atomic E-state index is 3.27. The summed E-state index contributed by atoms with van der Waals surface area (Å²) in [5, 5.41) is 1.37. The molecule has 2 rings (SSSR count). The third-order valence-corrected chi connectivity index (χ3v) is 2.19. The summed E-state index contributed by atoms with van der Waals surface area (Å²) in [4.78, 5) is 3.27. The fraction of sp³-hybridized carbons (Fsp3) is 0.273. The van der Waals surface area contributed by atoms with Crippen LogP contribution in [-0.4, -0.2) is 4.98 Å². The van der Waals surface area contributed by atoms with Gasteiger partial charge in [-0.05, 0) is 18.1 Å². The Kier molecular flexibility index (Phi) is 1.86. The number of aromatic amines is 1. The van der Waals surface area contributed by atoms with Gasteiger partial charge in [0.1, 0.15) is 0 Å². The molecule has 0 radical (unpaired) electrons. The lowest BCUT2D eigenvalue weighted by Crippen LogP contribution is -1.77. The van der Waals surface area contributed by atoms with Crippen molar-refractivity contribution in [3.05, 3.63) is 36.0 Å². The van der Waals surface area contributed by atoms with Crippen LogP contribution < -0.4 is 0 Å². The van der Waals surface area contributed by atoms with Crippen molar-refractivity contribution in [1.29, 1.82) is 0 Å². The van der Waals surface area contributed by atoms with Crippen molar-refractivity contribution in [2.45, 2.75) is 19.8 Å². The lowest BCUT2D eigenvalue weighted by atomic mass is 10.1. The van der Waals surface area contributed by atoms with E-state index in [0.717, 1.165) is 0 Å². The molecular formula is C11H15N. The van der Waals surface area contributed by atoms with E-state index < -0.39 is 0 Å². The van der Waals surface area contributed by atoms with Crippen LogP contribution in [0, 0.1) is 0 Å². The molecule has 0 atom stereocenters. The van der Waals surface area contributed by atoms with Crippen LogP contribution in [0.15, 0.2) is 30.5 Å². The second-order valence-corrected chi connectivity index (χ2v) is 3.11. The number of para-hydroxylation sites is 1. The van der Waals surface area contributed by atoms with E-state index in [0.29, 0.717) is 0 Å². The molecule has 2 aromatic rings. The molecule has 1 heterocycles. The van der Waals surface area contributed by atoms with Crippen LogP contribution in [0.3, 0.4) is 0 Å². The van der Waals surface area contributed by atoms with E-state index in [2.05, 4.69) is 42.4 Å². The summed E-state index contributed by atoms with van der Waals surface area (Å²) >= 11 is 0. The summed E-state index contributed by atoms with van der Waals surface area (Å²) in [6, 6.07) is 8.45. The minimum absolute atomic E-state index is 0. The Morgan fingerprint density at radius 1 is 1.33 bits per heavy atom. The van der Waals surface area contributed by atoms with E-state index in [1.165, 1.54) is 29.3 Å². The highest BCUT2D eigenvalue weighted by atomic mass is 14.7. The molecule has 1 N–H and O–H groups in total. The molecule has 0 aliphatic rings. The van der Waals surface area contributed by atoms with E-state index >= 15 is 0 Å². The zero-order chi connectivity index (χ0) is 8.39. The van der Waals surface area contributed by atoms with Crippen LogP contribution in [0.2, 0.25) is 0 Å². The summed E-state index contributed by atoms with van der Waals surface area (Å²) in [5.41, 5.74) is 2.69. The Morgan fingerprint density at radius 3 is 3.00 bits per heavy atom. The lowest BCUT2D eigenvalue weighted by molar-refractivity contribution is 0.929. The van der Waals surface area contributed by atoms with E-state index in [-0.39, 0.29) is 1.43 Å². The van der Waals surface area contributed by atoms with Crippen molar-refractivity contribution in [3.8, 4) is 0 Å². The van der Waals surface area contributed by atoms with Gasteiger partial charge in [0.05, 0.1) is 0 Å². The van der Waals surface area contributed by atoms with E-state index in [1.807, 2.05) is 0 Å². The summed E-state index contributed by atoms with van der Waals surface area (Å²) in [6.07, 6.45) is 4.50. The van der Waals surface area contributed by atoms with E-state index in [9.17, 15) is 0 Å². The van der Waals surface area contributed by atoms with Crippen LogP contribution in [0.4, 0.5) is 0 Å². The molecule has 0 aliphatic carbocycles. The van der Waals surface area contributed by atoms with Crippen LogP contribution in [0.5, 0.6) is 0 Å². The number of H-pyrrole nitrogens is 1. The Bertz CT molecular complexity index is 378. The quantitative estimate of drug-likeness (QED) is 0.695. The SMILES string of the molecule is CCCc1c[nH]c2ccccc12.[HH]. The third-order valence-electron chi connectivity index (χ3n) is 2.19. The Hall–Kier alpha value is -1.24. The Balaban J connectivity index is 0.000000845. The molecule has 1 nitrogen and oxygen atoms in total. The molecule has 0 amide bonds. The molecule has 1 aromatic carbocycles. The molecule has 12 heavy (non-hydrogen) atoms. The summed E-state index contributed by atoms with van der Waals surface area (Å²) in [5.74, 6) is 0. The van der Waals surface area contributed by atoms with Crippen molar-refractivity contribution in [3.63, 3.8) is 0 Å². The zero-order valence-electron chi connectivity index (χ0n) is 7.30. The summed E-state index contributed by atoms with van der Waals surface area (Å²) in [7, 11) is 0. The highest BCUT2D eigenvalue weighted by molar-refractivity contribution is 5.82. The molecule has 0 saturated carbocycles. The number of rotatable bonds is 2. The normalized spacial score (nSPS) is 10.8. The number of hydrogen-bond donors (Lipinski definition) is 1. The fourth-order valence-electron chi connectivity index (χ4n) is 1.61. The minimum atomic E-state index is 0. The first-order valence-electron chi connectivity index (χ1n) is 4.47. The molecule has 1 heteroatoms. The monoisotopic (exact) mass is 161 g/mol. The van der Waals surface area contributed by atoms with Gasteiger partial charge >= 0.3 is 0 Å². The van der Waals surface area contributed by atoms with Gasteiger partial charge in [0.2, 0.25) is 0 Å². The predicted molar refractivity (Wildman–Crippen MR) is 54.4 cm³/mol. The molecule has 0 unspecified atom stereocenters. The van der Waals surface area contributed by atoms with Gasteiger partial charge in [-0.3, -0.25) is 0 Å². The molecule has 0 saturated heterocycles. The second-order valence-electron chi connectivity index (χ2n) is 3.11. The number of aryl methyl sites for hydroxylation is 1. The van der Waals surface area contributed by atoms with Gasteiger partial charge in [0.15, 0.2) is 0 Å². The summed E-state index contributed by atoms with van der Waals surface area (Å²) < 4.78 is 0. The van der Waals surface area contributed by atoms with Crippen LogP contribution >= 0.6 is 0 Å². The van der Waals surface area contributed by atoms with Gasteiger partial charge in [-0.25, -0.2) is 0 Å². The molecule has 64 valence electrons. The molecule has 0 bridgehead atoms. The maximum Gasteiger partial charge on any atom is 0.0456 e. The molecule has 0 fully saturated rings. The first-order chi connectivity index (χ1) is 5.92. The third kappa shape index (κ3) is 1.11. The molecule has 0 aliphatic heterocycles. The van der Waals surface area contributed by atoms with Crippen LogP contribution in [-0.2, 0) is 6.42 Å². The molecule has 1 aromatic heterocycles. The van der Waals surface area contributed by atoms with E-state index in [1.54, 1.807) is 0 Å². The number of hydrogen-bond acceptors (Lipinski definition) is 0. The standard InChI is InChI=1S/C11H13N.H2/c1-2-5-9-8-12-11-7-4-3-6-10(9)11;/h3-4,6-8,12H,2,5H2,1H3;1H. The van der Waals surface area contributed by atoms with E-state index in [4.69, 9.17) is 0 Å². The zero-order valence-corrected chi connectivity index (χ0v) is 7.30. The largest absolute Gasteiger partial charge is 0.361 e. The van der Waals surface area contributed by atoms with Crippen molar-refractivity contribution < 1.29 is 1.43 Å². The Labute approximate surface area is 73.9 Å². The van der Waals surface area contributed by atoms with Crippen molar-refractivity contribution in [1.82, 2.24) is 4.98 Å². The van der Waals surface area contributed by atoms with Crippen molar-refractivity contribution in [2.24, 2.45) is 0 Å². The first kappa shape index (κ1) is 7.41. The average molecular weight is 161 g/mol. The topological polar surface area (TPSA) is 15.8 Å². The maximum atomic E-state index is 3.27. The van der Waals surface area contributed by atoms with Crippen LogP contribution in [0.1, 0.15) is 20.3 Å². The average Bonchev–Trinajstić information content (AvgIpc) is 2.50. The number of fused-ring (bicyclic) bond motifs is 1. The number of benzene rings is 1. The number of aromatic nitrogens is 1. The number of nitrogens with one attached hydrogen (secondary N) is 1. The van der Waals surface area contributed by atoms with Gasteiger partial charge in [-0.15, -0.1) is 0 Å². The van der Waals surface area contributed by atoms with Gasteiger partial charge in [-0.1, -0.05) is 31.5 Å². The first-order valence-corrected chi connectivity index (χ1v) is 4.47. The van der Waals surface area contributed by atoms with Crippen molar-refractivity contribution in [2.75, 3.05) is 0 Å². The highest BCUT2D eigenvalue weighted by Gasteiger charge is 1.99. The van der Waals surface area contributed by atoms with Crippen LogP contribution in [0.25, 0.3) is 10.9 Å². The fourth-order valence-corrected chi connectivity index (χ4v) is 1.61.